The van der Waals surface area contributed by atoms with E-state index in [0.29, 0.717) is 39.3 Å². The molecule has 0 fully saturated rings. The molecule has 0 saturated carbocycles. The first kappa shape index (κ1) is 22.9. The standard InChI is InChI=1S/C25H17BrN6O5/c1-2-36-24(33)21-10-8-17(37-21)12-30-20-11-16(32(34)35)7-9-18(20)22-23(30)28-25-27-19(13-31(25)29-22)14-3-5-15(26)6-4-14/h3-11,13H,2,12H2,1H3. The van der Waals surface area contributed by atoms with Gasteiger partial charge < -0.3 is 13.7 Å². The van der Waals surface area contributed by atoms with E-state index in [1.165, 1.54) is 18.2 Å². The molecule has 0 amide bonds. The van der Waals surface area contributed by atoms with Crippen molar-refractivity contribution in [3.63, 3.8) is 0 Å². The zero-order chi connectivity index (χ0) is 25.7. The van der Waals surface area contributed by atoms with Crippen molar-refractivity contribution in [2.45, 2.75) is 13.5 Å². The number of hydrogen-bond acceptors (Lipinski definition) is 8. The number of rotatable bonds is 6. The third kappa shape index (κ3) is 4.00. The number of esters is 1. The molecule has 12 heteroatoms. The van der Waals surface area contributed by atoms with Gasteiger partial charge in [-0.1, -0.05) is 28.1 Å². The number of halogens is 1. The van der Waals surface area contributed by atoms with E-state index in [1.807, 2.05) is 24.3 Å². The van der Waals surface area contributed by atoms with Crippen molar-refractivity contribution in [3.05, 3.63) is 86.9 Å². The van der Waals surface area contributed by atoms with Gasteiger partial charge in [0.2, 0.25) is 5.76 Å². The van der Waals surface area contributed by atoms with Crippen molar-refractivity contribution >= 4 is 55.4 Å². The molecule has 0 aliphatic rings. The molecular formula is C25H17BrN6O5. The van der Waals surface area contributed by atoms with Crippen LogP contribution in [0.5, 0.6) is 0 Å². The lowest BCUT2D eigenvalue weighted by molar-refractivity contribution is -0.384. The molecule has 0 aliphatic carbocycles. The van der Waals surface area contributed by atoms with E-state index in [2.05, 4.69) is 20.9 Å². The fourth-order valence-corrected chi connectivity index (χ4v) is 4.46. The summed E-state index contributed by atoms with van der Waals surface area (Å²) in [6, 6.07) is 15.5. The van der Waals surface area contributed by atoms with Crippen LogP contribution in [0.4, 0.5) is 5.69 Å². The molecule has 0 bridgehead atoms. The molecule has 4 heterocycles. The normalized spacial score (nSPS) is 11.5. The van der Waals surface area contributed by atoms with Crippen LogP contribution in [-0.2, 0) is 11.3 Å². The number of imidazole rings is 1. The molecule has 0 saturated heterocycles. The van der Waals surface area contributed by atoms with E-state index < -0.39 is 10.9 Å². The summed E-state index contributed by atoms with van der Waals surface area (Å²) in [5.74, 6) is 0.333. The largest absolute Gasteiger partial charge is 0.460 e. The molecule has 0 unspecified atom stereocenters. The summed E-state index contributed by atoms with van der Waals surface area (Å²) >= 11 is 3.44. The molecule has 184 valence electrons. The maximum absolute atomic E-state index is 12.1. The second-order valence-electron chi connectivity index (χ2n) is 8.19. The highest BCUT2D eigenvalue weighted by molar-refractivity contribution is 9.10. The zero-order valence-electron chi connectivity index (χ0n) is 19.3. The lowest BCUT2D eigenvalue weighted by atomic mass is 10.2. The Kier molecular flexibility index (Phi) is 5.45. The lowest BCUT2D eigenvalue weighted by Crippen LogP contribution is -2.04. The fourth-order valence-electron chi connectivity index (χ4n) is 4.20. The number of ether oxygens (including phenoxy) is 1. The highest BCUT2D eigenvalue weighted by Crippen LogP contribution is 2.31. The third-order valence-corrected chi connectivity index (χ3v) is 6.41. The van der Waals surface area contributed by atoms with Crippen LogP contribution in [0.3, 0.4) is 0 Å². The van der Waals surface area contributed by atoms with Crippen LogP contribution in [0.1, 0.15) is 23.2 Å². The minimum atomic E-state index is -0.564. The number of carbonyl (C=O) groups is 1. The monoisotopic (exact) mass is 560 g/mol. The highest BCUT2D eigenvalue weighted by atomic mass is 79.9. The van der Waals surface area contributed by atoms with E-state index >= 15 is 0 Å². The van der Waals surface area contributed by atoms with Crippen LogP contribution in [-0.4, -0.2) is 41.6 Å². The smallest absolute Gasteiger partial charge is 0.374 e. The van der Waals surface area contributed by atoms with Crippen molar-refractivity contribution in [2.24, 2.45) is 0 Å². The average Bonchev–Trinajstić information content (AvgIpc) is 3.60. The second-order valence-corrected chi connectivity index (χ2v) is 9.11. The topological polar surface area (TPSA) is 131 Å². The highest BCUT2D eigenvalue weighted by Gasteiger charge is 2.21. The Hall–Kier alpha value is -4.58. The lowest BCUT2D eigenvalue weighted by Gasteiger charge is -2.04. The molecule has 6 rings (SSSR count). The predicted molar refractivity (Wildman–Crippen MR) is 137 cm³/mol. The van der Waals surface area contributed by atoms with Gasteiger partial charge in [-0.15, -0.1) is 0 Å². The van der Waals surface area contributed by atoms with Crippen LogP contribution < -0.4 is 0 Å². The van der Waals surface area contributed by atoms with Gasteiger partial charge in [0.25, 0.3) is 11.5 Å². The third-order valence-electron chi connectivity index (χ3n) is 5.88. The molecule has 0 atom stereocenters. The minimum Gasteiger partial charge on any atom is -0.460 e. The van der Waals surface area contributed by atoms with Gasteiger partial charge in [0.15, 0.2) is 5.65 Å². The molecule has 2 aromatic carbocycles. The van der Waals surface area contributed by atoms with E-state index in [9.17, 15) is 14.9 Å². The quantitative estimate of drug-likeness (QED) is 0.150. The number of nitrogens with zero attached hydrogens (tertiary/aromatic N) is 6. The van der Waals surface area contributed by atoms with E-state index in [4.69, 9.17) is 19.2 Å². The van der Waals surface area contributed by atoms with Crippen LogP contribution in [0, 0.1) is 10.1 Å². The summed E-state index contributed by atoms with van der Waals surface area (Å²) in [6.45, 7) is 2.10. The molecule has 0 radical (unpaired) electrons. The average molecular weight is 561 g/mol. The second kappa shape index (κ2) is 8.82. The molecule has 4 aromatic heterocycles. The summed E-state index contributed by atoms with van der Waals surface area (Å²) in [6.07, 6.45) is 1.79. The van der Waals surface area contributed by atoms with Gasteiger partial charge >= 0.3 is 5.97 Å². The Morgan fingerprint density at radius 1 is 1.14 bits per heavy atom. The number of fused-ring (bicyclic) bond motifs is 4. The predicted octanol–water partition coefficient (Wildman–Crippen LogP) is 5.39. The van der Waals surface area contributed by atoms with Gasteiger partial charge in [-0.05, 0) is 37.3 Å². The number of aromatic nitrogens is 5. The van der Waals surface area contributed by atoms with Crippen LogP contribution in [0.25, 0.3) is 39.1 Å². The van der Waals surface area contributed by atoms with Crippen molar-refractivity contribution < 1.29 is 18.9 Å². The van der Waals surface area contributed by atoms with Gasteiger partial charge in [0.05, 0.1) is 35.5 Å². The van der Waals surface area contributed by atoms with Crippen molar-refractivity contribution in [3.8, 4) is 11.3 Å². The maximum atomic E-state index is 12.1. The van der Waals surface area contributed by atoms with Crippen LogP contribution in [0.2, 0.25) is 0 Å². The molecule has 37 heavy (non-hydrogen) atoms. The molecule has 11 nitrogen and oxygen atoms in total. The number of nitro benzene ring substituents is 1. The van der Waals surface area contributed by atoms with Gasteiger partial charge in [0.1, 0.15) is 11.3 Å². The van der Waals surface area contributed by atoms with E-state index in [1.54, 1.807) is 34.3 Å². The summed E-state index contributed by atoms with van der Waals surface area (Å²) in [5, 5.41) is 16.9. The molecular weight excluding hydrogens is 544 g/mol. The molecule has 6 aromatic rings. The summed E-state index contributed by atoms with van der Waals surface area (Å²) in [4.78, 5) is 32.5. The Balaban J connectivity index is 1.52. The van der Waals surface area contributed by atoms with Gasteiger partial charge in [-0.25, -0.2) is 14.3 Å². The fraction of sp³-hybridized carbons (Fsp3) is 0.120. The van der Waals surface area contributed by atoms with Crippen molar-refractivity contribution in [1.82, 2.24) is 24.1 Å². The SMILES string of the molecule is CCOC(=O)c1ccc(Cn2c3cc([N+](=O)[O-])ccc3c3nn4cc(-c5ccc(Br)cc5)nc4nc32)o1. The van der Waals surface area contributed by atoms with E-state index in [-0.39, 0.29) is 24.6 Å². The number of non-ortho nitro benzene ring substituents is 1. The Labute approximate surface area is 216 Å². The number of benzene rings is 2. The first-order valence-electron chi connectivity index (χ1n) is 11.3. The minimum absolute atomic E-state index is 0.0643. The van der Waals surface area contributed by atoms with E-state index in [0.717, 1.165) is 10.0 Å². The summed E-state index contributed by atoms with van der Waals surface area (Å²) in [5.41, 5.74) is 3.13. The van der Waals surface area contributed by atoms with Gasteiger partial charge in [0, 0.05) is 27.6 Å². The van der Waals surface area contributed by atoms with Crippen molar-refractivity contribution in [1.29, 1.82) is 0 Å². The Bertz CT molecular complexity index is 1840. The van der Waals surface area contributed by atoms with Crippen LogP contribution >= 0.6 is 15.9 Å². The molecule has 0 spiro atoms. The van der Waals surface area contributed by atoms with Gasteiger partial charge in [-0.3, -0.25) is 10.1 Å². The maximum Gasteiger partial charge on any atom is 0.374 e. The summed E-state index contributed by atoms with van der Waals surface area (Å²) in [7, 11) is 0. The zero-order valence-corrected chi connectivity index (χ0v) is 20.9. The number of nitro groups is 1. The Morgan fingerprint density at radius 2 is 1.95 bits per heavy atom. The number of furan rings is 1. The first-order valence-corrected chi connectivity index (χ1v) is 12.1. The number of carbonyl (C=O) groups excluding carboxylic acids is 1. The number of hydrogen-bond donors (Lipinski definition) is 0. The van der Waals surface area contributed by atoms with Crippen molar-refractivity contribution in [2.75, 3.05) is 6.61 Å². The Morgan fingerprint density at radius 3 is 2.70 bits per heavy atom. The molecule has 0 aliphatic heterocycles. The van der Waals surface area contributed by atoms with Crippen LogP contribution in [0.15, 0.2) is 69.7 Å². The summed E-state index contributed by atoms with van der Waals surface area (Å²) < 4.78 is 15.0. The van der Waals surface area contributed by atoms with Gasteiger partial charge in [-0.2, -0.15) is 10.1 Å². The molecule has 0 N–H and O–H groups in total. The first-order chi connectivity index (χ1) is 17.9.